The summed E-state index contributed by atoms with van der Waals surface area (Å²) < 4.78 is 0. The van der Waals surface area contributed by atoms with E-state index in [-0.39, 0.29) is 12.5 Å². The third kappa shape index (κ3) is 52.3. The van der Waals surface area contributed by atoms with Crippen molar-refractivity contribution in [3.63, 3.8) is 0 Å². The molecule has 0 saturated heterocycles. The van der Waals surface area contributed by atoms with E-state index in [0.29, 0.717) is 6.42 Å². The lowest BCUT2D eigenvalue weighted by molar-refractivity contribution is -0.123. The number of allylic oxidation sites excluding steroid dienone is 15. The number of amides is 1. The summed E-state index contributed by atoms with van der Waals surface area (Å²) in [4.78, 5) is 12.5. The number of hydrogen-bond donors (Lipinski definition) is 3. The molecule has 0 aliphatic carbocycles. The Labute approximate surface area is 411 Å². The summed E-state index contributed by atoms with van der Waals surface area (Å²) in [6.45, 7) is 4.19. The van der Waals surface area contributed by atoms with Crippen LogP contribution < -0.4 is 5.32 Å². The van der Waals surface area contributed by atoms with Crippen molar-refractivity contribution in [2.24, 2.45) is 0 Å². The van der Waals surface area contributed by atoms with Gasteiger partial charge in [0, 0.05) is 6.42 Å². The van der Waals surface area contributed by atoms with Gasteiger partial charge in [0.25, 0.3) is 0 Å². The average molecular weight is 917 g/mol. The summed E-state index contributed by atoms with van der Waals surface area (Å²) in [5.74, 6) is -0.0997. The second-order valence-corrected chi connectivity index (χ2v) is 19.0. The largest absolute Gasteiger partial charge is 0.394 e. The number of carbonyl (C=O) groups is 1. The first kappa shape index (κ1) is 63.3. The minimum atomic E-state index is -0.881. The molecular weight excluding hydrogens is 807 g/mol. The van der Waals surface area contributed by atoms with Crippen LogP contribution in [0.3, 0.4) is 0 Å². The van der Waals surface area contributed by atoms with E-state index in [9.17, 15) is 15.0 Å². The highest BCUT2D eigenvalue weighted by atomic mass is 16.3. The Morgan fingerprint density at radius 3 is 1.06 bits per heavy atom. The third-order valence-electron chi connectivity index (χ3n) is 12.6. The van der Waals surface area contributed by atoms with Gasteiger partial charge in [-0.1, -0.05) is 278 Å². The minimum Gasteiger partial charge on any atom is -0.394 e. The summed E-state index contributed by atoms with van der Waals surface area (Å²) in [5.41, 5.74) is 0. The van der Waals surface area contributed by atoms with E-state index in [1.54, 1.807) is 6.08 Å². The zero-order valence-electron chi connectivity index (χ0n) is 43.7. The van der Waals surface area contributed by atoms with Crippen LogP contribution >= 0.6 is 0 Å². The molecule has 0 bridgehead atoms. The molecule has 3 N–H and O–H groups in total. The molecule has 0 rings (SSSR count). The number of aliphatic hydroxyl groups excluding tert-OH is 2. The molecule has 0 saturated carbocycles. The molecule has 0 aromatic heterocycles. The van der Waals surface area contributed by atoms with Crippen LogP contribution in [0.25, 0.3) is 0 Å². The number of nitrogens with one attached hydrogen (secondary N) is 1. The van der Waals surface area contributed by atoms with E-state index >= 15 is 0 Å². The number of carbonyl (C=O) groups excluding carboxylic acids is 1. The smallest absolute Gasteiger partial charge is 0.220 e. The molecule has 4 nitrogen and oxygen atoms in total. The lowest BCUT2D eigenvalue weighted by Gasteiger charge is -2.19. The van der Waals surface area contributed by atoms with Crippen LogP contribution in [0.2, 0.25) is 0 Å². The van der Waals surface area contributed by atoms with Crippen LogP contribution in [0.4, 0.5) is 0 Å². The van der Waals surface area contributed by atoms with Crippen LogP contribution in [0.5, 0.6) is 0 Å². The molecule has 66 heavy (non-hydrogen) atoms. The van der Waals surface area contributed by atoms with Crippen molar-refractivity contribution in [2.45, 2.75) is 283 Å². The molecule has 0 aliphatic rings. The Bertz CT molecular complexity index is 1220. The van der Waals surface area contributed by atoms with E-state index in [2.05, 4.69) is 104 Å². The molecule has 0 spiro atoms. The SMILES string of the molecule is CC/C=C\C/C=C\C/C=C\C/C=C\C/C=C\C/C=C\CCCCCCC(=O)NC(CO)C(O)/C=C/CC/C=C/CCCCCCCCCCCCCCCCCCCCCCCCCCC. The van der Waals surface area contributed by atoms with Gasteiger partial charge in [0.1, 0.15) is 0 Å². The zero-order valence-corrected chi connectivity index (χ0v) is 43.7. The fraction of sp³-hybridized carbons (Fsp3) is 0.726. The van der Waals surface area contributed by atoms with Crippen LogP contribution in [0.1, 0.15) is 271 Å². The van der Waals surface area contributed by atoms with Crippen molar-refractivity contribution in [2.75, 3.05) is 6.61 Å². The highest BCUT2D eigenvalue weighted by molar-refractivity contribution is 5.76. The summed E-state index contributed by atoms with van der Waals surface area (Å²) in [6.07, 6.45) is 84.3. The van der Waals surface area contributed by atoms with Gasteiger partial charge in [-0.3, -0.25) is 4.79 Å². The fourth-order valence-electron chi connectivity index (χ4n) is 8.26. The van der Waals surface area contributed by atoms with Crippen LogP contribution in [-0.2, 0) is 4.79 Å². The maximum Gasteiger partial charge on any atom is 0.220 e. The first-order valence-corrected chi connectivity index (χ1v) is 28.5. The van der Waals surface area contributed by atoms with Crippen molar-refractivity contribution in [1.29, 1.82) is 0 Å². The number of rotatable bonds is 51. The quantitative estimate of drug-likeness (QED) is 0.0421. The Morgan fingerprint density at radius 1 is 0.379 bits per heavy atom. The molecule has 0 aromatic carbocycles. The second-order valence-electron chi connectivity index (χ2n) is 19.0. The molecular formula is C62H109NO3. The van der Waals surface area contributed by atoms with Gasteiger partial charge in [0.15, 0.2) is 0 Å². The topological polar surface area (TPSA) is 69.6 Å². The summed E-state index contributed by atoms with van der Waals surface area (Å²) in [6, 6.07) is -0.661. The molecule has 2 atom stereocenters. The van der Waals surface area contributed by atoms with Crippen LogP contribution in [0.15, 0.2) is 97.2 Å². The third-order valence-corrected chi connectivity index (χ3v) is 12.6. The van der Waals surface area contributed by atoms with E-state index in [1.165, 1.54) is 161 Å². The molecule has 0 heterocycles. The Kier molecular flexibility index (Phi) is 54.3. The number of aliphatic hydroxyl groups is 2. The highest BCUT2D eigenvalue weighted by Crippen LogP contribution is 2.16. The van der Waals surface area contributed by atoms with Crippen molar-refractivity contribution in [1.82, 2.24) is 5.32 Å². The van der Waals surface area contributed by atoms with Gasteiger partial charge in [0.05, 0.1) is 18.8 Å². The normalized spacial score (nSPS) is 13.6. The monoisotopic (exact) mass is 916 g/mol. The summed E-state index contributed by atoms with van der Waals surface area (Å²) >= 11 is 0. The van der Waals surface area contributed by atoms with E-state index in [1.807, 2.05) is 6.08 Å². The first-order chi connectivity index (χ1) is 32.7. The predicted molar refractivity (Wildman–Crippen MR) is 294 cm³/mol. The van der Waals surface area contributed by atoms with Crippen molar-refractivity contribution in [3.05, 3.63) is 97.2 Å². The van der Waals surface area contributed by atoms with Crippen LogP contribution in [0, 0.1) is 0 Å². The molecule has 1 amide bonds. The molecule has 4 heteroatoms. The molecule has 2 unspecified atom stereocenters. The van der Waals surface area contributed by atoms with Gasteiger partial charge in [-0.05, 0) is 83.5 Å². The van der Waals surface area contributed by atoms with Gasteiger partial charge in [-0.25, -0.2) is 0 Å². The van der Waals surface area contributed by atoms with Gasteiger partial charge in [0.2, 0.25) is 5.91 Å². The summed E-state index contributed by atoms with van der Waals surface area (Å²) in [7, 11) is 0. The molecule has 0 fully saturated rings. The molecule has 0 aliphatic heterocycles. The lowest BCUT2D eigenvalue weighted by atomic mass is 10.0. The van der Waals surface area contributed by atoms with Crippen molar-refractivity contribution in [3.8, 4) is 0 Å². The van der Waals surface area contributed by atoms with Gasteiger partial charge >= 0.3 is 0 Å². The highest BCUT2D eigenvalue weighted by Gasteiger charge is 2.17. The van der Waals surface area contributed by atoms with Crippen molar-refractivity contribution >= 4 is 5.91 Å². The Morgan fingerprint density at radius 2 is 0.682 bits per heavy atom. The zero-order chi connectivity index (χ0) is 47.7. The van der Waals surface area contributed by atoms with E-state index in [0.717, 1.165) is 89.9 Å². The molecule has 380 valence electrons. The standard InChI is InChI=1S/C62H109NO3/c1-3-5-7-9-11-13-15-17-19-21-23-25-27-28-29-30-31-32-33-34-36-37-39-41-43-45-47-49-51-53-55-57-61(65)60(59-64)63-62(66)58-56-54-52-50-48-46-44-42-40-38-35-26-24-22-20-18-16-14-12-10-8-6-4-2/h6,8,12,14,18,20,24,26,38,40,44,46-47,49,55,57,60-61,64-65H,3-5,7,9-11,13,15-17,19,21-23,25,27-37,39,41-43,45,48,50-54,56,58-59H2,1-2H3,(H,63,66)/b8-6-,14-12-,20-18-,26-24-,40-38-,46-44-,49-47+,57-55+. The van der Waals surface area contributed by atoms with Gasteiger partial charge in [-0.2, -0.15) is 0 Å². The van der Waals surface area contributed by atoms with Crippen LogP contribution in [-0.4, -0.2) is 34.9 Å². The van der Waals surface area contributed by atoms with E-state index in [4.69, 9.17) is 0 Å². The van der Waals surface area contributed by atoms with Gasteiger partial charge < -0.3 is 15.5 Å². The fourth-order valence-corrected chi connectivity index (χ4v) is 8.26. The second kappa shape index (κ2) is 56.6. The van der Waals surface area contributed by atoms with E-state index < -0.39 is 12.1 Å². The lowest BCUT2D eigenvalue weighted by Crippen LogP contribution is -2.45. The maximum atomic E-state index is 12.5. The molecule has 0 aromatic rings. The van der Waals surface area contributed by atoms with Gasteiger partial charge in [-0.15, -0.1) is 0 Å². The number of unbranched alkanes of at least 4 members (excludes halogenated alkanes) is 30. The first-order valence-electron chi connectivity index (χ1n) is 28.5. The average Bonchev–Trinajstić information content (AvgIpc) is 3.32. The predicted octanol–water partition coefficient (Wildman–Crippen LogP) is 18.9. The Hall–Kier alpha value is -2.69. The Balaban J connectivity index is 3.59. The van der Waals surface area contributed by atoms with Crippen molar-refractivity contribution < 1.29 is 15.0 Å². The summed E-state index contributed by atoms with van der Waals surface area (Å²) in [5, 5.41) is 23.1. The maximum absolute atomic E-state index is 12.5. The minimum absolute atomic E-state index is 0.0997. The molecule has 0 radical (unpaired) electrons. The number of hydrogen-bond acceptors (Lipinski definition) is 3.